The zero-order valence-corrected chi connectivity index (χ0v) is 28.1. The van der Waals surface area contributed by atoms with Crippen LogP contribution < -0.4 is 0 Å². The van der Waals surface area contributed by atoms with E-state index in [1.807, 2.05) is 0 Å². The molecule has 0 N–H and O–H groups in total. The lowest BCUT2D eigenvalue weighted by atomic mass is 9.81. The van der Waals surface area contributed by atoms with Gasteiger partial charge in [-0.05, 0) is 181 Å². The molecular formula is C48H38. The van der Waals surface area contributed by atoms with Crippen LogP contribution in [0.5, 0.6) is 0 Å². The molecule has 0 saturated heterocycles. The molecule has 48 heavy (non-hydrogen) atoms. The summed E-state index contributed by atoms with van der Waals surface area (Å²) in [5.74, 6) is 0. The van der Waals surface area contributed by atoms with E-state index in [1.165, 1.54) is 110 Å². The van der Waals surface area contributed by atoms with Gasteiger partial charge in [0, 0.05) is 0 Å². The number of fused-ring (bicyclic) bond motifs is 7. The first-order chi connectivity index (χ1) is 23.4. The third-order valence-corrected chi connectivity index (χ3v) is 11.0. The van der Waals surface area contributed by atoms with Crippen molar-refractivity contribution in [3.8, 4) is 44.5 Å². The van der Waals surface area contributed by atoms with E-state index in [0.717, 1.165) is 12.8 Å². The summed E-state index contributed by atoms with van der Waals surface area (Å²) in [7, 11) is 0. The SMILES string of the molecule is Cc1cc(-c2ccc3c(c2)-c2ccc4ccc(-c5ccc6ccccc6c5)cc4c2CC3)cc(-c2ccc3c(C)c(C)c(C)cc3c2)c1. The highest BCUT2D eigenvalue weighted by atomic mass is 14.2. The van der Waals surface area contributed by atoms with Crippen LogP contribution in [0.15, 0.2) is 133 Å². The molecule has 0 radical (unpaired) electrons. The van der Waals surface area contributed by atoms with Gasteiger partial charge >= 0.3 is 0 Å². The fourth-order valence-corrected chi connectivity index (χ4v) is 8.10. The van der Waals surface area contributed by atoms with Crippen molar-refractivity contribution in [2.45, 2.75) is 40.5 Å². The smallest absolute Gasteiger partial charge is 0.0139 e. The molecule has 8 aromatic rings. The number of hydrogen-bond acceptors (Lipinski definition) is 0. The maximum atomic E-state index is 2.45. The van der Waals surface area contributed by atoms with Gasteiger partial charge in [0.25, 0.3) is 0 Å². The van der Waals surface area contributed by atoms with Crippen LogP contribution >= 0.6 is 0 Å². The van der Waals surface area contributed by atoms with E-state index in [0.29, 0.717) is 0 Å². The molecule has 8 aromatic carbocycles. The standard InChI is InChI=1S/C48H38/c1-29-21-41(38-17-18-44-32(4)31(3)30(2)23-43(44)25-38)26-42(22-29)40-14-11-35-16-19-45-46(48(35)28-40)20-15-34-10-13-39(27-47(34)45)37-12-9-33-7-5-6-8-36(33)24-37/h5-15,17-18,20-28H,16,19H2,1-4H3. The van der Waals surface area contributed by atoms with E-state index in [2.05, 4.69) is 161 Å². The Hall–Kier alpha value is -5.46. The second kappa shape index (κ2) is 11.1. The van der Waals surface area contributed by atoms with Crippen molar-refractivity contribution in [2.75, 3.05) is 0 Å². The molecule has 0 heterocycles. The quantitative estimate of drug-likeness (QED) is 0.186. The van der Waals surface area contributed by atoms with Crippen LogP contribution in [-0.4, -0.2) is 0 Å². The molecule has 0 nitrogen and oxygen atoms in total. The van der Waals surface area contributed by atoms with Crippen molar-refractivity contribution in [1.82, 2.24) is 0 Å². The van der Waals surface area contributed by atoms with Gasteiger partial charge in [-0.3, -0.25) is 0 Å². The van der Waals surface area contributed by atoms with Gasteiger partial charge < -0.3 is 0 Å². The zero-order chi connectivity index (χ0) is 32.5. The summed E-state index contributed by atoms with van der Waals surface area (Å²) in [5.41, 5.74) is 18.7. The Morgan fingerprint density at radius 1 is 0.375 bits per heavy atom. The molecule has 0 bridgehead atoms. The Morgan fingerprint density at radius 2 is 1.02 bits per heavy atom. The number of hydrogen-bond donors (Lipinski definition) is 0. The van der Waals surface area contributed by atoms with Gasteiger partial charge in [0.2, 0.25) is 0 Å². The van der Waals surface area contributed by atoms with Gasteiger partial charge in [-0.1, -0.05) is 103 Å². The number of benzene rings is 8. The molecule has 1 aliphatic rings. The third kappa shape index (κ3) is 4.75. The second-order valence-corrected chi connectivity index (χ2v) is 13.9. The first-order valence-corrected chi connectivity index (χ1v) is 17.2. The Labute approximate surface area is 283 Å². The predicted octanol–water partition coefficient (Wildman–Crippen LogP) is 13.1. The van der Waals surface area contributed by atoms with Gasteiger partial charge in [0.1, 0.15) is 0 Å². The van der Waals surface area contributed by atoms with Crippen LogP contribution in [-0.2, 0) is 12.8 Å². The minimum Gasteiger partial charge on any atom is -0.0616 e. The van der Waals surface area contributed by atoms with E-state index in [4.69, 9.17) is 0 Å². The zero-order valence-electron chi connectivity index (χ0n) is 28.1. The molecule has 0 saturated carbocycles. The second-order valence-electron chi connectivity index (χ2n) is 13.9. The molecule has 230 valence electrons. The van der Waals surface area contributed by atoms with Crippen molar-refractivity contribution in [1.29, 1.82) is 0 Å². The number of aryl methyl sites for hydroxylation is 5. The Bertz CT molecular complexity index is 2600. The van der Waals surface area contributed by atoms with Crippen LogP contribution in [0.3, 0.4) is 0 Å². The van der Waals surface area contributed by atoms with Crippen molar-refractivity contribution >= 4 is 32.3 Å². The van der Waals surface area contributed by atoms with Crippen LogP contribution in [0.1, 0.15) is 33.4 Å². The van der Waals surface area contributed by atoms with E-state index in [9.17, 15) is 0 Å². The van der Waals surface area contributed by atoms with Gasteiger partial charge in [0.05, 0.1) is 0 Å². The molecule has 0 atom stereocenters. The topological polar surface area (TPSA) is 0 Å². The Morgan fingerprint density at radius 3 is 1.85 bits per heavy atom. The molecule has 0 heteroatoms. The van der Waals surface area contributed by atoms with Gasteiger partial charge in [-0.2, -0.15) is 0 Å². The summed E-state index contributed by atoms with van der Waals surface area (Å²) in [6, 6.07) is 50.6. The van der Waals surface area contributed by atoms with Crippen molar-refractivity contribution < 1.29 is 0 Å². The normalized spacial score (nSPS) is 12.4. The Balaban J connectivity index is 1.12. The highest BCUT2D eigenvalue weighted by molar-refractivity contribution is 5.98. The van der Waals surface area contributed by atoms with Crippen LogP contribution in [0.2, 0.25) is 0 Å². The average Bonchev–Trinajstić information content (AvgIpc) is 3.12. The average molecular weight is 615 g/mol. The summed E-state index contributed by atoms with van der Waals surface area (Å²) in [4.78, 5) is 0. The molecule has 0 aliphatic heterocycles. The van der Waals surface area contributed by atoms with Gasteiger partial charge in [-0.15, -0.1) is 0 Å². The summed E-state index contributed by atoms with van der Waals surface area (Å²) in [6.45, 7) is 8.92. The van der Waals surface area contributed by atoms with E-state index >= 15 is 0 Å². The predicted molar refractivity (Wildman–Crippen MR) is 207 cm³/mol. The molecule has 0 spiro atoms. The lowest BCUT2D eigenvalue weighted by molar-refractivity contribution is 0.951. The lowest BCUT2D eigenvalue weighted by Crippen LogP contribution is -2.05. The summed E-state index contributed by atoms with van der Waals surface area (Å²) in [6.07, 6.45) is 2.13. The van der Waals surface area contributed by atoms with Crippen LogP contribution in [0.4, 0.5) is 0 Å². The van der Waals surface area contributed by atoms with Crippen molar-refractivity contribution in [3.05, 3.63) is 167 Å². The summed E-state index contributed by atoms with van der Waals surface area (Å²) < 4.78 is 0. The third-order valence-electron chi connectivity index (χ3n) is 11.0. The van der Waals surface area contributed by atoms with E-state index < -0.39 is 0 Å². The summed E-state index contributed by atoms with van der Waals surface area (Å²) >= 11 is 0. The first kappa shape index (κ1) is 28.7. The van der Waals surface area contributed by atoms with E-state index in [1.54, 1.807) is 0 Å². The van der Waals surface area contributed by atoms with Crippen molar-refractivity contribution in [3.63, 3.8) is 0 Å². The largest absolute Gasteiger partial charge is 0.0616 e. The maximum absolute atomic E-state index is 2.45. The monoisotopic (exact) mass is 614 g/mol. The van der Waals surface area contributed by atoms with Gasteiger partial charge in [-0.25, -0.2) is 0 Å². The molecule has 1 aliphatic carbocycles. The van der Waals surface area contributed by atoms with Crippen LogP contribution in [0, 0.1) is 27.7 Å². The molecule has 0 fully saturated rings. The molecule has 0 unspecified atom stereocenters. The highest BCUT2D eigenvalue weighted by Crippen LogP contribution is 2.41. The molecule has 9 rings (SSSR count). The van der Waals surface area contributed by atoms with Gasteiger partial charge in [0.15, 0.2) is 0 Å². The number of rotatable bonds is 3. The fourth-order valence-electron chi connectivity index (χ4n) is 8.10. The van der Waals surface area contributed by atoms with E-state index in [-0.39, 0.29) is 0 Å². The molecule has 0 aromatic heterocycles. The minimum absolute atomic E-state index is 1.06. The van der Waals surface area contributed by atoms with Crippen LogP contribution in [0.25, 0.3) is 76.8 Å². The molecular weight excluding hydrogens is 577 g/mol. The highest BCUT2D eigenvalue weighted by Gasteiger charge is 2.20. The fraction of sp³-hybridized carbons (Fsp3) is 0.125. The minimum atomic E-state index is 1.06. The Kier molecular flexibility index (Phi) is 6.63. The summed E-state index contributed by atoms with van der Waals surface area (Å²) in [5, 5.41) is 7.93. The lowest BCUT2D eigenvalue weighted by Gasteiger charge is -2.23. The maximum Gasteiger partial charge on any atom is -0.0139 e. The van der Waals surface area contributed by atoms with Crippen molar-refractivity contribution in [2.24, 2.45) is 0 Å². The molecule has 0 amide bonds. The first-order valence-electron chi connectivity index (χ1n) is 17.2.